The van der Waals surface area contributed by atoms with Gasteiger partial charge in [-0.15, -0.1) is 0 Å². The molecule has 4 rings (SSSR count). The van der Waals surface area contributed by atoms with E-state index < -0.39 is 10.0 Å². The van der Waals surface area contributed by atoms with Gasteiger partial charge in [-0.1, -0.05) is 55.5 Å². The normalized spacial score (nSPS) is 15.2. The summed E-state index contributed by atoms with van der Waals surface area (Å²) in [6, 6.07) is 18.9. The van der Waals surface area contributed by atoms with Crippen LogP contribution in [-0.4, -0.2) is 59.5 Å². The molecule has 0 aliphatic carbocycles. The zero-order valence-corrected chi connectivity index (χ0v) is 18.3. The number of amides is 1. The molecule has 7 nitrogen and oxygen atoms in total. The van der Waals surface area contributed by atoms with E-state index in [9.17, 15) is 13.2 Å². The van der Waals surface area contributed by atoms with E-state index in [4.69, 9.17) is 0 Å². The molecule has 162 valence electrons. The van der Waals surface area contributed by atoms with Gasteiger partial charge in [0, 0.05) is 26.2 Å². The van der Waals surface area contributed by atoms with Gasteiger partial charge in [-0.25, -0.2) is 13.1 Å². The number of piperazine rings is 1. The number of carbonyl (C=O) groups is 1. The van der Waals surface area contributed by atoms with Gasteiger partial charge in [0.05, 0.1) is 28.9 Å². The van der Waals surface area contributed by atoms with Crippen molar-refractivity contribution in [3.8, 4) is 5.69 Å². The average Bonchev–Trinajstić information content (AvgIpc) is 3.24. The predicted molar refractivity (Wildman–Crippen MR) is 119 cm³/mol. The van der Waals surface area contributed by atoms with Crippen molar-refractivity contribution in [3.05, 3.63) is 83.7 Å². The molecule has 1 saturated heterocycles. The fraction of sp³-hybridized carbons (Fsp3) is 0.304. The van der Waals surface area contributed by atoms with Crippen LogP contribution in [0.4, 0.5) is 0 Å². The Morgan fingerprint density at radius 2 is 1.55 bits per heavy atom. The monoisotopic (exact) mass is 438 g/mol. The Morgan fingerprint density at radius 3 is 2.16 bits per heavy atom. The molecule has 1 aromatic heterocycles. The van der Waals surface area contributed by atoms with E-state index in [0.29, 0.717) is 38.2 Å². The quantitative estimate of drug-likeness (QED) is 0.593. The topological polar surface area (TPSA) is 75.5 Å². The summed E-state index contributed by atoms with van der Waals surface area (Å²) in [5, 5.41) is 4.44. The molecule has 31 heavy (non-hydrogen) atoms. The van der Waals surface area contributed by atoms with E-state index in [-0.39, 0.29) is 11.7 Å². The number of sulfonamides is 1. The van der Waals surface area contributed by atoms with Crippen LogP contribution in [0, 0.1) is 0 Å². The highest BCUT2D eigenvalue weighted by atomic mass is 32.2. The third kappa shape index (κ3) is 4.55. The molecule has 1 amide bonds. The molecule has 1 fully saturated rings. The van der Waals surface area contributed by atoms with Crippen LogP contribution in [0.5, 0.6) is 0 Å². The molecule has 0 saturated carbocycles. The van der Waals surface area contributed by atoms with Crippen molar-refractivity contribution in [2.45, 2.75) is 19.1 Å². The zero-order valence-electron chi connectivity index (χ0n) is 17.5. The van der Waals surface area contributed by atoms with Gasteiger partial charge in [0.2, 0.25) is 10.0 Å². The maximum absolute atomic E-state index is 13.2. The van der Waals surface area contributed by atoms with Crippen molar-refractivity contribution in [1.29, 1.82) is 0 Å². The van der Waals surface area contributed by atoms with E-state index in [1.54, 1.807) is 15.8 Å². The summed E-state index contributed by atoms with van der Waals surface area (Å²) in [6.07, 6.45) is 2.29. The van der Waals surface area contributed by atoms with Crippen molar-refractivity contribution in [3.63, 3.8) is 0 Å². The molecule has 0 spiro atoms. The van der Waals surface area contributed by atoms with Gasteiger partial charge in [-0.05, 0) is 24.1 Å². The molecule has 0 atom stereocenters. The molecule has 3 aromatic rings. The standard InChI is InChI=1S/C23H26N4O3S/c1-2-22-21(17-24-27(22)20-11-7-4-8-12-20)23(28)25-13-15-26(16-14-25)31(29,30)18-19-9-5-3-6-10-19/h3-12,17H,2,13-16,18H2,1H3. The SMILES string of the molecule is CCc1c(C(=O)N2CCN(S(=O)(=O)Cc3ccccc3)CC2)cnn1-c1ccccc1. The lowest BCUT2D eigenvalue weighted by Crippen LogP contribution is -2.50. The molecular formula is C23H26N4O3S. The van der Waals surface area contributed by atoms with E-state index >= 15 is 0 Å². The van der Waals surface area contributed by atoms with Crippen molar-refractivity contribution >= 4 is 15.9 Å². The number of benzene rings is 2. The number of nitrogens with zero attached hydrogens (tertiary/aromatic N) is 4. The number of aromatic nitrogens is 2. The first kappa shape index (κ1) is 21.3. The summed E-state index contributed by atoms with van der Waals surface area (Å²) >= 11 is 0. The molecule has 0 radical (unpaired) electrons. The maximum atomic E-state index is 13.2. The largest absolute Gasteiger partial charge is 0.336 e. The Kier molecular flexibility index (Phi) is 6.20. The minimum absolute atomic E-state index is 0.0222. The zero-order chi connectivity index (χ0) is 21.8. The first-order valence-corrected chi connectivity index (χ1v) is 12.0. The van der Waals surface area contributed by atoms with Crippen LogP contribution in [0.15, 0.2) is 66.9 Å². The highest BCUT2D eigenvalue weighted by Crippen LogP contribution is 2.20. The number of para-hydroxylation sites is 1. The number of hydrogen-bond acceptors (Lipinski definition) is 4. The van der Waals surface area contributed by atoms with Crippen molar-refractivity contribution < 1.29 is 13.2 Å². The summed E-state index contributed by atoms with van der Waals surface area (Å²) in [7, 11) is -3.42. The van der Waals surface area contributed by atoms with Crippen molar-refractivity contribution in [2.24, 2.45) is 0 Å². The van der Waals surface area contributed by atoms with Crippen LogP contribution in [-0.2, 0) is 22.2 Å². The highest BCUT2D eigenvalue weighted by Gasteiger charge is 2.30. The average molecular weight is 439 g/mol. The van der Waals surface area contributed by atoms with Gasteiger partial charge in [0.15, 0.2) is 0 Å². The third-order valence-corrected chi connectivity index (χ3v) is 7.40. The van der Waals surface area contributed by atoms with Crippen LogP contribution < -0.4 is 0 Å². The number of carbonyl (C=O) groups excluding carboxylic acids is 1. The van der Waals surface area contributed by atoms with Crippen LogP contribution in [0.3, 0.4) is 0 Å². The summed E-state index contributed by atoms with van der Waals surface area (Å²) in [4.78, 5) is 14.9. The van der Waals surface area contributed by atoms with Gasteiger partial charge in [0.25, 0.3) is 5.91 Å². The van der Waals surface area contributed by atoms with Crippen LogP contribution in [0.1, 0.15) is 28.5 Å². The second kappa shape index (κ2) is 9.03. The van der Waals surface area contributed by atoms with Gasteiger partial charge in [-0.2, -0.15) is 9.40 Å². The Labute approximate surface area is 183 Å². The molecular weight excluding hydrogens is 412 g/mol. The molecule has 0 bridgehead atoms. The van der Waals surface area contributed by atoms with Gasteiger partial charge >= 0.3 is 0 Å². The number of hydrogen-bond donors (Lipinski definition) is 0. The van der Waals surface area contributed by atoms with Crippen molar-refractivity contribution in [2.75, 3.05) is 26.2 Å². The lowest BCUT2D eigenvalue weighted by atomic mass is 10.1. The molecule has 2 heterocycles. The highest BCUT2D eigenvalue weighted by molar-refractivity contribution is 7.88. The molecule has 1 aliphatic heterocycles. The van der Waals surface area contributed by atoms with Crippen LogP contribution in [0.2, 0.25) is 0 Å². The van der Waals surface area contributed by atoms with Gasteiger partial charge < -0.3 is 4.90 Å². The second-order valence-electron chi connectivity index (χ2n) is 7.54. The van der Waals surface area contributed by atoms with E-state index in [1.807, 2.05) is 67.6 Å². The Bertz CT molecular complexity index is 1140. The lowest BCUT2D eigenvalue weighted by Gasteiger charge is -2.34. The van der Waals surface area contributed by atoms with E-state index in [0.717, 1.165) is 16.9 Å². The van der Waals surface area contributed by atoms with E-state index in [2.05, 4.69) is 5.10 Å². The Hall–Kier alpha value is -2.97. The van der Waals surface area contributed by atoms with Crippen LogP contribution >= 0.6 is 0 Å². The van der Waals surface area contributed by atoms with E-state index in [1.165, 1.54) is 4.31 Å². The fourth-order valence-electron chi connectivity index (χ4n) is 3.90. The van der Waals surface area contributed by atoms with Crippen LogP contribution in [0.25, 0.3) is 5.69 Å². The molecule has 8 heteroatoms. The maximum Gasteiger partial charge on any atom is 0.257 e. The molecule has 1 aliphatic rings. The molecule has 2 aromatic carbocycles. The van der Waals surface area contributed by atoms with Gasteiger partial charge in [-0.3, -0.25) is 4.79 Å². The summed E-state index contributed by atoms with van der Waals surface area (Å²) in [5.74, 6) is -0.120. The lowest BCUT2D eigenvalue weighted by molar-refractivity contribution is 0.0696. The molecule has 0 N–H and O–H groups in total. The van der Waals surface area contributed by atoms with Gasteiger partial charge in [0.1, 0.15) is 0 Å². The fourth-order valence-corrected chi connectivity index (χ4v) is 5.42. The minimum atomic E-state index is -3.42. The smallest absolute Gasteiger partial charge is 0.257 e. The summed E-state index contributed by atoms with van der Waals surface area (Å²) in [6.45, 7) is 3.34. The summed E-state index contributed by atoms with van der Waals surface area (Å²) in [5.41, 5.74) is 3.11. The first-order chi connectivity index (χ1) is 15.0. The van der Waals surface area contributed by atoms with Crippen molar-refractivity contribution in [1.82, 2.24) is 19.0 Å². The Balaban J connectivity index is 1.45. The predicted octanol–water partition coefficient (Wildman–Crippen LogP) is 2.72. The number of rotatable bonds is 6. The Morgan fingerprint density at radius 1 is 0.935 bits per heavy atom. The minimum Gasteiger partial charge on any atom is -0.336 e. The molecule has 0 unspecified atom stereocenters. The first-order valence-electron chi connectivity index (χ1n) is 10.4. The second-order valence-corrected chi connectivity index (χ2v) is 9.51. The third-order valence-electron chi connectivity index (χ3n) is 5.55. The summed E-state index contributed by atoms with van der Waals surface area (Å²) < 4.78 is 28.8.